The van der Waals surface area contributed by atoms with E-state index in [2.05, 4.69) is 6.92 Å². The van der Waals surface area contributed by atoms with Crippen LogP contribution >= 0.6 is 11.6 Å². The van der Waals surface area contributed by atoms with Gasteiger partial charge < -0.3 is 5.11 Å². The predicted octanol–water partition coefficient (Wildman–Crippen LogP) is 5.77. The maximum Gasteiger partial charge on any atom is 0.0543 e. The summed E-state index contributed by atoms with van der Waals surface area (Å²) in [6.45, 7) is 2.25. The molecule has 0 aliphatic heterocycles. The Hall–Kier alpha value is -0.530. The minimum atomic E-state index is -0.152. The van der Waals surface area contributed by atoms with Gasteiger partial charge >= 0.3 is 0 Å². The van der Waals surface area contributed by atoms with Crippen LogP contribution in [0.2, 0.25) is 5.02 Å². The summed E-state index contributed by atoms with van der Waals surface area (Å²) in [5, 5.41) is 10.8. The molecule has 1 aromatic rings. The Balaban J connectivity index is 2.00. The summed E-state index contributed by atoms with van der Waals surface area (Å²) < 4.78 is 0. The van der Waals surface area contributed by atoms with Gasteiger partial charge in [-0.2, -0.15) is 0 Å². The highest BCUT2D eigenvalue weighted by Crippen LogP contribution is 2.14. The molecule has 1 atom stereocenters. The largest absolute Gasteiger partial charge is 0.393 e. The van der Waals surface area contributed by atoms with E-state index in [4.69, 9.17) is 11.6 Å². The van der Waals surface area contributed by atoms with E-state index >= 15 is 0 Å². The van der Waals surface area contributed by atoms with E-state index in [0.717, 1.165) is 30.7 Å². The average Bonchev–Trinajstić information content (AvgIpc) is 2.46. The highest BCUT2D eigenvalue weighted by Gasteiger charge is 2.04. The van der Waals surface area contributed by atoms with Crippen molar-refractivity contribution in [2.75, 3.05) is 0 Å². The van der Waals surface area contributed by atoms with E-state index in [1.54, 1.807) is 0 Å². The number of hydrogen-bond donors (Lipinski definition) is 1. The standard InChI is InChI=1S/C18H29ClO/c1-2-3-4-5-6-7-8-9-18(20)15-12-16-10-13-17(19)14-11-16/h10-11,13-14,18,20H,2-9,12,15H2,1H3. The average molecular weight is 297 g/mol. The number of benzene rings is 1. The molecular formula is C18H29ClO. The van der Waals surface area contributed by atoms with Crippen LogP contribution < -0.4 is 0 Å². The fourth-order valence-electron chi connectivity index (χ4n) is 2.47. The number of aliphatic hydroxyl groups excluding tert-OH is 1. The lowest BCUT2D eigenvalue weighted by Gasteiger charge is -2.10. The molecule has 0 aliphatic rings. The minimum Gasteiger partial charge on any atom is -0.393 e. The molecular weight excluding hydrogens is 268 g/mol. The van der Waals surface area contributed by atoms with Gasteiger partial charge in [0, 0.05) is 5.02 Å². The molecule has 0 radical (unpaired) electrons. The Morgan fingerprint density at radius 2 is 1.50 bits per heavy atom. The first-order valence-corrected chi connectivity index (χ1v) is 8.52. The number of hydrogen-bond acceptors (Lipinski definition) is 1. The number of aliphatic hydroxyl groups is 1. The fraction of sp³-hybridized carbons (Fsp3) is 0.667. The molecule has 0 spiro atoms. The molecule has 0 aliphatic carbocycles. The SMILES string of the molecule is CCCCCCCCCC(O)CCc1ccc(Cl)cc1. The monoisotopic (exact) mass is 296 g/mol. The van der Waals surface area contributed by atoms with Crippen LogP contribution in [0.25, 0.3) is 0 Å². The predicted molar refractivity (Wildman–Crippen MR) is 88.4 cm³/mol. The molecule has 1 unspecified atom stereocenters. The Labute approximate surface area is 129 Å². The van der Waals surface area contributed by atoms with Gasteiger partial charge in [-0.05, 0) is 37.0 Å². The van der Waals surface area contributed by atoms with Gasteiger partial charge in [0.25, 0.3) is 0 Å². The van der Waals surface area contributed by atoms with Crippen LogP contribution in [0, 0.1) is 0 Å². The zero-order valence-electron chi connectivity index (χ0n) is 12.8. The number of unbranched alkanes of at least 4 members (excludes halogenated alkanes) is 6. The van der Waals surface area contributed by atoms with E-state index in [9.17, 15) is 5.11 Å². The smallest absolute Gasteiger partial charge is 0.0543 e. The third kappa shape index (κ3) is 8.60. The van der Waals surface area contributed by atoms with Crippen molar-refractivity contribution in [1.82, 2.24) is 0 Å². The number of halogens is 1. The molecule has 0 saturated carbocycles. The second-order valence-corrected chi connectivity index (χ2v) is 6.17. The lowest BCUT2D eigenvalue weighted by molar-refractivity contribution is 0.151. The van der Waals surface area contributed by atoms with Crippen molar-refractivity contribution in [3.8, 4) is 0 Å². The van der Waals surface area contributed by atoms with Gasteiger partial charge in [0.15, 0.2) is 0 Å². The molecule has 114 valence electrons. The van der Waals surface area contributed by atoms with Crippen LogP contribution in [0.4, 0.5) is 0 Å². The first kappa shape index (κ1) is 17.5. The van der Waals surface area contributed by atoms with Gasteiger partial charge in [-0.25, -0.2) is 0 Å². The summed E-state index contributed by atoms with van der Waals surface area (Å²) in [5.41, 5.74) is 1.26. The zero-order chi connectivity index (χ0) is 14.6. The topological polar surface area (TPSA) is 20.2 Å². The molecule has 0 aromatic heterocycles. The van der Waals surface area contributed by atoms with Crippen molar-refractivity contribution >= 4 is 11.6 Å². The van der Waals surface area contributed by atoms with Crippen molar-refractivity contribution in [1.29, 1.82) is 0 Å². The van der Waals surface area contributed by atoms with Crippen molar-refractivity contribution < 1.29 is 5.11 Å². The van der Waals surface area contributed by atoms with Crippen LogP contribution in [0.3, 0.4) is 0 Å². The van der Waals surface area contributed by atoms with E-state index in [-0.39, 0.29) is 6.10 Å². The Morgan fingerprint density at radius 1 is 0.900 bits per heavy atom. The lowest BCUT2D eigenvalue weighted by Crippen LogP contribution is -2.07. The quantitative estimate of drug-likeness (QED) is 0.514. The maximum absolute atomic E-state index is 9.98. The van der Waals surface area contributed by atoms with Gasteiger partial charge in [0.1, 0.15) is 0 Å². The van der Waals surface area contributed by atoms with E-state index in [0.29, 0.717) is 0 Å². The fourth-order valence-corrected chi connectivity index (χ4v) is 2.59. The minimum absolute atomic E-state index is 0.152. The second-order valence-electron chi connectivity index (χ2n) is 5.73. The molecule has 0 fully saturated rings. The highest BCUT2D eigenvalue weighted by atomic mass is 35.5. The molecule has 20 heavy (non-hydrogen) atoms. The summed E-state index contributed by atoms with van der Waals surface area (Å²) in [5.74, 6) is 0. The van der Waals surface area contributed by atoms with Crippen molar-refractivity contribution in [3.63, 3.8) is 0 Å². The number of aryl methyl sites for hydroxylation is 1. The third-order valence-electron chi connectivity index (χ3n) is 3.82. The van der Waals surface area contributed by atoms with Crippen LogP contribution in [0.5, 0.6) is 0 Å². The van der Waals surface area contributed by atoms with E-state index < -0.39 is 0 Å². The third-order valence-corrected chi connectivity index (χ3v) is 4.07. The van der Waals surface area contributed by atoms with Gasteiger partial charge in [-0.3, -0.25) is 0 Å². The Morgan fingerprint density at radius 3 is 2.15 bits per heavy atom. The van der Waals surface area contributed by atoms with Crippen LogP contribution in [0.1, 0.15) is 70.3 Å². The summed E-state index contributed by atoms with van der Waals surface area (Å²) in [7, 11) is 0. The summed E-state index contributed by atoms with van der Waals surface area (Å²) in [6, 6.07) is 7.92. The van der Waals surface area contributed by atoms with Gasteiger partial charge in [-0.1, -0.05) is 75.6 Å². The molecule has 0 bridgehead atoms. The van der Waals surface area contributed by atoms with Crippen LogP contribution in [-0.2, 0) is 6.42 Å². The van der Waals surface area contributed by atoms with Crippen molar-refractivity contribution in [3.05, 3.63) is 34.9 Å². The molecule has 1 N–H and O–H groups in total. The highest BCUT2D eigenvalue weighted by molar-refractivity contribution is 6.30. The normalized spacial score (nSPS) is 12.6. The van der Waals surface area contributed by atoms with E-state index in [1.807, 2.05) is 24.3 Å². The van der Waals surface area contributed by atoms with Crippen molar-refractivity contribution in [2.24, 2.45) is 0 Å². The molecule has 1 nitrogen and oxygen atoms in total. The Kier molecular flexibility index (Phi) is 9.78. The lowest BCUT2D eigenvalue weighted by atomic mass is 10.0. The molecule has 0 heterocycles. The Bertz CT molecular complexity index is 334. The van der Waals surface area contributed by atoms with Crippen molar-refractivity contribution in [2.45, 2.75) is 77.2 Å². The summed E-state index contributed by atoms with van der Waals surface area (Å²) in [4.78, 5) is 0. The first-order valence-electron chi connectivity index (χ1n) is 8.15. The van der Waals surface area contributed by atoms with Gasteiger partial charge in [-0.15, -0.1) is 0 Å². The van der Waals surface area contributed by atoms with Crippen LogP contribution in [-0.4, -0.2) is 11.2 Å². The van der Waals surface area contributed by atoms with Gasteiger partial charge in [0.2, 0.25) is 0 Å². The molecule has 1 rings (SSSR count). The summed E-state index contributed by atoms with van der Waals surface area (Å²) in [6.07, 6.45) is 11.7. The second kappa shape index (κ2) is 11.2. The molecule has 0 saturated heterocycles. The summed E-state index contributed by atoms with van der Waals surface area (Å²) >= 11 is 5.85. The first-order chi connectivity index (χ1) is 9.72. The molecule has 1 aromatic carbocycles. The van der Waals surface area contributed by atoms with Gasteiger partial charge in [0.05, 0.1) is 6.10 Å². The zero-order valence-corrected chi connectivity index (χ0v) is 13.5. The molecule has 2 heteroatoms. The maximum atomic E-state index is 9.98. The molecule has 0 amide bonds. The van der Waals surface area contributed by atoms with Crippen LogP contribution in [0.15, 0.2) is 24.3 Å². The van der Waals surface area contributed by atoms with E-state index in [1.165, 1.54) is 44.1 Å². The number of rotatable bonds is 11.